The average molecular weight is 230 g/mol. The molecule has 0 radical (unpaired) electrons. The smallest absolute Gasteiger partial charge is 0.250 e. The maximum absolute atomic E-state index is 11.1. The minimum absolute atomic E-state index is 0.440. The lowest BCUT2D eigenvalue weighted by molar-refractivity contribution is 0.1000. The number of rotatable bonds is 3. The molecule has 16 heavy (non-hydrogen) atoms. The van der Waals surface area contributed by atoms with E-state index in [-0.39, 0.29) is 0 Å². The summed E-state index contributed by atoms with van der Waals surface area (Å²) in [4.78, 5) is 16.1. The number of pyridine rings is 1. The zero-order chi connectivity index (χ0) is 11.4. The van der Waals surface area contributed by atoms with Crippen molar-refractivity contribution in [2.24, 2.45) is 5.73 Å². The molecule has 2 rings (SSSR count). The fourth-order valence-electron chi connectivity index (χ4n) is 1.31. The zero-order valence-corrected chi connectivity index (χ0v) is 9.28. The Bertz CT molecular complexity index is 518. The Morgan fingerprint density at radius 2 is 2.25 bits per heavy atom. The highest BCUT2D eigenvalue weighted by Gasteiger charge is 2.04. The Labute approximate surface area is 97.3 Å². The molecule has 2 aromatic heterocycles. The lowest BCUT2D eigenvalue weighted by Crippen LogP contribution is -2.12. The van der Waals surface area contributed by atoms with E-state index in [2.05, 4.69) is 4.98 Å². The number of amides is 1. The molecule has 2 N–H and O–H groups in total. The van der Waals surface area contributed by atoms with Crippen LogP contribution in [0.2, 0.25) is 0 Å². The van der Waals surface area contributed by atoms with E-state index >= 15 is 0 Å². The van der Waals surface area contributed by atoms with Gasteiger partial charge in [0.2, 0.25) is 0 Å². The Kier molecular flexibility index (Phi) is 3.12. The van der Waals surface area contributed by atoms with Crippen molar-refractivity contribution in [1.82, 2.24) is 4.98 Å². The van der Waals surface area contributed by atoms with E-state index in [4.69, 9.17) is 5.73 Å². The number of nitrogens with zero attached hydrogens (tertiary/aromatic N) is 1. The van der Waals surface area contributed by atoms with Gasteiger partial charge in [0, 0.05) is 17.3 Å². The molecule has 80 valence electrons. The number of primary amides is 1. The molecule has 2 heterocycles. The Hall–Kier alpha value is -1.94. The van der Waals surface area contributed by atoms with Crippen LogP contribution in [-0.2, 0) is 0 Å². The van der Waals surface area contributed by atoms with Gasteiger partial charge in [0.15, 0.2) is 0 Å². The van der Waals surface area contributed by atoms with Crippen LogP contribution in [-0.4, -0.2) is 10.9 Å². The number of hydrogen-bond donors (Lipinski definition) is 1. The predicted octanol–water partition coefficient (Wildman–Crippen LogP) is 2.41. The second-order valence-corrected chi connectivity index (χ2v) is 4.16. The van der Waals surface area contributed by atoms with E-state index in [0.717, 1.165) is 10.4 Å². The second-order valence-electron chi connectivity index (χ2n) is 3.18. The average Bonchev–Trinajstić information content (AvgIpc) is 2.79. The molecule has 0 spiro atoms. The third kappa shape index (κ3) is 2.35. The first kappa shape index (κ1) is 10.6. The van der Waals surface area contributed by atoms with Gasteiger partial charge in [0.1, 0.15) is 0 Å². The molecule has 0 bridgehead atoms. The first-order valence-electron chi connectivity index (χ1n) is 4.73. The van der Waals surface area contributed by atoms with E-state index in [1.54, 1.807) is 23.6 Å². The number of hydrogen-bond acceptors (Lipinski definition) is 3. The first-order chi connectivity index (χ1) is 7.77. The second kappa shape index (κ2) is 4.72. The summed E-state index contributed by atoms with van der Waals surface area (Å²) < 4.78 is 0. The highest BCUT2D eigenvalue weighted by Crippen LogP contribution is 2.15. The summed E-state index contributed by atoms with van der Waals surface area (Å²) in [6, 6.07) is 5.75. The van der Waals surface area contributed by atoms with E-state index < -0.39 is 5.91 Å². The van der Waals surface area contributed by atoms with Crippen LogP contribution in [0, 0.1) is 0 Å². The van der Waals surface area contributed by atoms with Gasteiger partial charge >= 0.3 is 0 Å². The minimum Gasteiger partial charge on any atom is -0.366 e. The third-order valence-electron chi connectivity index (χ3n) is 2.09. The fourth-order valence-corrected chi connectivity index (χ4v) is 1.93. The van der Waals surface area contributed by atoms with Gasteiger partial charge in [0.25, 0.3) is 5.91 Å². The molecular formula is C12H10N2OS. The molecule has 2 aromatic rings. The van der Waals surface area contributed by atoms with Crippen LogP contribution in [0.1, 0.15) is 20.8 Å². The SMILES string of the molecule is NC(=O)c1cnccc1/C=C/c1cccs1. The summed E-state index contributed by atoms with van der Waals surface area (Å²) in [5, 5.41) is 2.00. The standard InChI is InChI=1S/C12H10N2OS/c13-12(15)11-8-14-6-5-9(11)3-4-10-2-1-7-16-10/h1-8H,(H2,13,15)/b4-3+. The molecule has 0 unspecified atom stereocenters. The number of carbonyl (C=O) groups excluding carboxylic acids is 1. The van der Waals surface area contributed by atoms with E-state index in [0.29, 0.717) is 5.56 Å². The van der Waals surface area contributed by atoms with Crippen LogP contribution >= 0.6 is 11.3 Å². The van der Waals surface area contributed by atoms with Crippen molar-refractivity contribution in [3.8, 4) is 0 Å². The Morgan fingerprint density at radius 1 is 1.38 bits per heavy atom. The van der Waals surface area contributed by atoms with Gasteiger partial charge in [-0.15, -0.1) is 11.3 Å². The number of nitrogens with two attached hydrogens (primary N) is 1. The summed E-state index contributed by atoms with van der Waals surface area (Å²) in [6.45, 7) is 0. The first-order valence-corrected chi connectivity index (χ1v) is 5.61. The van der Waals surface area contributed by atoms with Gasteiger partial charge < -0.3 is 5.73 Å². The molecule has 4 heteroatoms. The highest BCUT2D eigenvalue weighted by molar-refractivity contribution is 7.10. The van der Waals surface area contributed by atoms with Gasteiger partial charge in [-0.2, -0.15) is 0 Å². The molecule has 0 fully saturated rings. The van der Waals surface area contributed by atoms with E-state index in [1.807, 2.05) is 29.7 Å². The number of thiophene rings is 1. The summed E-state index contributed by atoms with van der Waals surface area (Å²) in [5.74, 6) is -0.459. The van der Waals surface area contributed by atoms with Gasteiger partial charge in [-0.3, -0.25) is 9.78 Å². The van der Waals surface area contributed by atoms with Gasteiger partial charge in [-0.05, 0) is 29.2 Å². The van der Waals surface area contributed by atoms with Crippen molar-refractivity contribution in [3.05, 3.63) is 52.0 Å². The van der Waals surface area contributed by atoms with Crippen LogP contribution in [0.3, 0.4) is 0 Å². The van der Waals surface area contributed by atoms with Crippen molar-refractivity contribution in [3.63, 3.8) is 0 Å². The molecule has 0 aliphatic carbocycles. The molecule has 0 aliphatic rings. The predicted molar refractivity (Wildman–Crippen MR) is 66.0 cm³/mol. The van der Waals surface area contributed by atoms with Crippen LogP contribution < -0.4 is 5.73 Å². The molecule has 0 atom stereocenters. The van der Waals surface area contributed by atoms with Crippen LogP contribution in [0.5, 0.6) is 0 Å². The van der Waals surface area contributed by atoms with E-state index in [9.17, 15) is 4.79 Å². The quantitative estimate of drug-likeness (QED) is 0.880. The fraction of sp³-hybridized carbons (Fsp3) is 0. The summed E-state index contributed by atoms with van der Waals surface area (Å²) in [6.07, 6.45) is 6.94. The maximum Gasteiger partial charge on any atom is 0.250 e. The molecular weight excluding hydrogens is 220 g/mol. The number of aromatic nitrogens is 1. The maximum atomic E-state index is 11.1. The van der Waals surface area contributed by atoms with Crippen LogP contribution in [0.15, 0.2) is 36.0 Å². The minimum atomic E-state index is -0.459. The van der Waals surface area contributed by atoms with Crippen molar-refractivity contribution in [2.75, 3.05) is 0 Å². The molecule has 3 nitrogen and oxygen atoms in total. The van der Waals surface area contributed by atoms with Crippen LogP contribution in [0.4, 0.5) is 0 Å². The molecule has 1 amide bonds. The highest BCUT2D eigenvalue weighted by atomic mass is 32.1. The molecule has 0 saturated heterocycles. The summed E-state index contributed by atoms with van der Waals surface area (Å²) >= 11 is 1.64. The summed E-state index contributed by atoms with van der Waals surface area (Å²) in [7, 11) is 0. The lowest BCUT2D eigenvalue weighted by atomic mass is 10.1. The molecule has 0 saturated carbocycles. The molecule has 0 aromatic carbocycles. The van der Waals surface area contributed by atoms with Crippen molar-refractivity contribution < 1.29 is 4.79 Å². The Morgan fingerprint density at radius 3 is 2.94 bits per heavy atom. The van der Waals surface area contributed by atoms with Gasteiger partial charge in [-0.25, -0.2) is 0 Å². The Balaban J connectivity index is 2.31. The summed E-state index contributed by atoms with van der Waals surface area (Å²) in [5.41, 5.74) is 6.48. The normalized spacial score (nSPS) is 10.8. The monoisotopic (exact) mass is 230 g/mol. The van der Waals surface area contributed by atoms with E-state index in [1.165, 1.54) is 6.20 Å². The molecule has 0 aliphatic heterocycles. The number of carbonyl (C=O) groups is 1. The topological polar surface area (TPSA) is 56.0 Å². The van der Waals surface area contributed by atoms with Gasteiger partial charge in [0.05, 0.1) is 5.56 Å². The third-order valence-corrected chi connectivity index (χ3v) is 2.93. The largest absolute Gasteiger partial charge is 0.366 e. The van der Waals surface area contributed by atoms with Crippen molar-refractivity contribution in [1.29, 1.82) is 0 Å². The lowest BCUT2D eigenvalue weighted by Gasteiger charge is -1.99. The van der Waals surface area contributed by atoms with Crippen molar-refractivity contribution >= 4 is 29.4 Å². The van der Waals surface area contributed by atoms with Crippen molar-refractivity contribution in [2.45, 2.75) is 0 Å². The van der Waals surface area contributed by atoms with Gasteiger partial charge in [-0.1, -0.05) is 12.1 Å². The zero-order valence-electron chi connectivity index (χ0n) is 8.46. The van der Waals surface area contributed by atoms with Crippen LogP contribution in [0.25, 0.3) is 12.2 Å².